The van der Waals surface area contributed by atoms with Gasteiger partial charge in [0.1, 0.15) is 0 Å². The summed E-state index contributed by atoms with van der Waals surface area (Å²) in [6.07, 6.45) is 5.76. The minimum absolute atomic E-state index is 0.148. The SMILES string of the molecule is O=C(NCCN1CCN(C(=O)c2cccs2)CC1)C1CCCCC1. The molecule has 2 heterocycles. The van der Waals surface area contributed by atoms with E-state index in [1.807, 2.05) is 22.4 Å². The minimum atomic E-state index is 0.148. The first-order valence-corrected chi connectivity index (χ1v) is 9.95. The first-order valence-electron chi connectivity index (χ1n) is 9.07. The number of carbonyl (C=O) groups is 2. The Balaban J connectivity index is 1.33. The number of nitrogens with one attached hydrogen (secondary N) is 1. The van der Waals surface area contributed by atoms with Crippen LogP contribution in [-0.2, 0) is 4.79 Å². The number of hydrogen-bond acceptors (Lipinski definition) is 4. The van der Waals surface area contributed by atoms with E-state index in [9.17, 15) is 9.59 Å². The number of rotatable bonds is 5. The van der Waals surface area contributed by atoms with E-state index in [1.54, 1.807) is 0 Å². The van der Waals surface area contributed by atoms with Gasteiger partial charge in [-0.05, 0) is 24.3 Å². The summed E-state index contributed by atoms with van der Waals surface area (Å²) in [6, 6.07) is 3.81. The van der Waals surface area contributed by atoms with Gasteiger partial charge in [-0.2, -0.15) is 0 Å². The molecule has 0 spiro atoms. The zero-order valence-corrected chi connectivity index (χ0v) is 15.0. The van der Waals surface area contributed by atoms with Crippen LogP contribution in [0.5, 0.6) is 0 Å². The fourth-order valence-corrected chi connectivity index (χ4v) is 4.27. The molecule has 6 heteroatoms. The summed E-state index contributed by atoms with van der Waals surface area (Å²) in [5, 5.41) is 5.04. The maximum Gasteiger partial charge on any atom is 0.264 e. The van der Waals surface area contributed by atoms with Crippen LogP contribution in [0.25, 0.3) is 0 Å². The number of hydrogen-bond donors (Lipinski definition) is 1. The van der Waals surface area contributed by atoms with Crippen molar-refractivity contribution in [2.24, 2.45) is 5.92 Å². The zero-order valence-electron chi connectivity index (χ0n) is 14.2. The number of nitrogens with zero attached hydrogens (tertiary/aromatic N) is 2. The highest BCUT2D eigenvalue weighted by molar-refractivity contribution is 7.12. The molecule has 1 aliphatic heterocycles. The smallest absolute Gasteiger partial charge is 0.264 e. The highest BCUT2D eigenvalue weighted by Gasteiger charge is 2.23. The molecule has 1 aromatic rings. The molecule has 1 aromatic heterocycles. The van der Waals surface area contributed by atoms with Gasteiger partial charge in [-0.1, -0.05) is 25.3 Å². The normalized spacial score (nSPS) is 20.1. The third-order valence-electron chi connectivity index (χ3n) is 5.09. The summed E-state index contributed by atoms with van der Waals surface area (Å²) in [5.41, 5.74) is 0. The highest BCUT2D eigenvalue weighted by Crippen LogP contribution is 2.23. The predicted molar refractivity (Wildman–Crippen MR) is 96.2 cm³/mol. The van der Waals surface area contributed by atoms with Crippen LogP contribution in [0.4, 0.5) is 0 Å². The van der Waals surface area contributed by atoms with Gasteiger partial charge in [-0.3, -0.25) is 14.5 Å². The molecule has 0 unspecified atom stereocenters. The second-order valence-electron chi connectivity index (χ2n) is 6.74. The molecular weight excluding hydrogens is 322 g/mol. The van der Waals surface area contributed by atoms with Crippen LogP contribution < -0.4 is 5.32 Å². The van der Waals surface area contributed by atoms with Gasteiger partial charge >= 0.3 is 0 Å². The van der Waals surface area contributed by atoms with Crippen LogP contribution in [0.1, 0.15) is 41.8 Å². The summed E-state index contributed by atoms with van der Waals surface area (Å²) in [7, 11) is 0. The standard InChI is InChI=1S/C18H27N3O2S/c22-17(15-5-2-1-3-6-15)19-8-9-20-10-12-21(13-11-20)18(23)16-7-4-14-24-16/h4,7,14-15H,1-3,5-6,8-13H2,(H,19,22). The van der Waals surface area contributed by atoms with Gasteiger partial charge in [0.2, 0.25) is 5.91 Å². The third kappa shape index (κ3) is 4.57. The molecule has 2 fully saturated rings. The molecule has 24 heavy (non-hydrogen) atoms. The van der Waals surface area contributed by atoms with E-state index in [2.05, 4.69) is 10.2 Å². The van der Waals surface area contributed by atoms with E-state index >= 15 is 0 Å². The van der Waals surface area contributed by atoms with E-state index in [-0.39, 0.29) is 17.7 Å². The Labute approximate surface area is 148 Å². The van der Waals surface area contributed by atoms with Gasteiger partial charge in [0.15, 0.2) is 0 Å². The van der Waals surface area contributed by atoms with Crippen LogP contribution >= 0.6 is 11.3 Å². The molecule has 0 aromatic carbocycles. The lowest BCUT2D eigenvalue weighted by Crippen LogP contribution is -2.50. The van der Waals surface area contributed by atoms with Crippen molar-refractivity contribution in [1.82, 2.24) is 15.1 Å². The first-order chi connectivity index (χ1) is 11.7. The van der Waals surface area contributed by atoms with Crippen molar-refractivity contribution in [3.05, 3.63) is 22.4 Å². The van der Waals surface area contributed by atoms with E-state index in [0.29, 0.717) is 6.54 Å². The third-order valence-corrected chi connectivity index (χ3v) is 5.95. The fourth-order valence-electron chi connectivity index (χ4n) is 3.58. The van der Waals surface area contributed by atoms with Crippen molar-refractivity contribution in [3.63, 3.8) is 0 Å². The molecule has 132 valence electrons. The lowest BCUT2D eigenvalue weighted by molar-refractivity contribution is -0.125. The second-order valence-corrected chi connectivity index (χ2v) is 7.68. The van der Waals surface area contributed by atoms with Crippen LogP contribution in [0, 0.1) is 5.92 Å². The highest BCUT2D eigenvalue weighted by atomic mass is 32.1. The van der Waals surface area contributed by atoms with Crippen molar-refractivity contribution in [2.75, 3.05) is 39.3 Å². The van der Waals surface area contributed by atoms with Gasteiger partial charge in [0, 0.05) is 45.2 Å². The molecule has 2 amide bonds. The van der Waals surface area contributed by atoms with Crippen LogP contribution in [0.3, 0.4) is 0 Å². The van der Waals surface area contributed by atoms with Gasteiger partial charge in [-0.15, -0.1) is 11.3 Å². The monoisotopic (exact) mass is 349 g/mol. The molecule has 5 nitrogen and oxygen atoms in total. The molecule has 3 rings (SSSR count). The summed E-state index contributed by atoms with van der Waals surface area (Å²) in [6.45, 7) is 4.90. The van der Waals surface area contributed by atoms with Crippen molar-refractivity contribution in [2.45, 2.75) is 32.1 Å². The van der Waals surface area contributed by atoms with Gasteiger partial charge in [0.05, 0.1) is 4.88 Å². The second kappa shape index (κ2) is 8.62. The van der Waals surface area contributed by atoms with Crippen molar-refractivity contribution in [1.29, 1.82) is 0 Å². The summed E-state index contributed by atoms with van der Waals surface area (Å²) in [5.74, 6) is 0.621. The van der Waals surface area contributed by atoms with Crippen LogP contribution in [0.2, 0.25) is 0 Å². The average Bonchev–Trinajstić information content (AvgIpc) is 3.17. The van der Waals surface area contributed by atoms with E-state index in [4.69, 9.17) is 0 Å². The zero-order chi connectivity index (χ0) is 16.8. The Morgan fingerprint density at radius 1 is 1.12 bits per heavy atom. The molecule has 0 radical (unpaired) electrons. The first kappa shape index (κ1) is 17.4. The molecule has 2 aliphatic rings. The quantitative estimate of drug-likeness (QED) is 0.887. The molecule has 1 aliphatic carbocycles. The topological polar surface area (TPSA) is 52.7 Å². The largest absolute Gasteiger partial charge is 0.355 e. The van der Waals surface area contributed by atoms with Crippen molar-refractivity contribution in [3.8, 4) is 0 Å². The van der Waals surface area contributed by atoms with E-state index in [0.717, 1.165) is 50.4 Å². The summed E-state index contributed by atoms with van der Waals surface area (Å²) in [4.78, 5) is 29.5. The number of thiophene rings is 1. The van der Waals surface area contributed by atoms with Crippen molar-refractivity contribution < 1.29 is 9.59 Å². The number of amides is 2. The maximum atomic E-state index is 12.3. The van der Waals surface area contributed by atoms with Crippen LogP contribution in [-0.4, -0.2) is 60.9 Å². The maximum absolute atomic E-state index is 12.3. The Kier molecular flexibility index (Phi) is 6.26. The van der Waals surface area contributed by atoms with Gasteiger partial charge in [0.25, 0.3) is 5.91 Å². The van der Waals surface area contributed by atoms with Crippen LogP contribution in [0.15, 0.2) is 17.5 Å². The average molecular weight is 350 g/mol. The number of piperazine rings is 1. The fraction of sp³-hybridized carbons (Fsp3) is 0.667. The van der Waals surface area contributed by atoms with Gasteiger partial charge < -0.3 is 10.2 Å². The lowest BCUT2D eigenvalue weighted by Gasteiger charge is -2.34. The molecular formula is C18H27N3O2S. The lowest BCUT2D eigenvalue weighted by atomic mass is 9.89. The molecule has 0 bridgehead atoms. The Hall–Kier alpha value is -1.40. The Morgan fingerprint density at radius 2 is 1.88 bits per heavy atom. The predicted octanol–water partition coefficient (Wildman–Crippen LogP) is 2.20. The number of carbonyl (C=O) groups excluding carboxylic acids is 2. The molecule has 1 N–H and O–H groups in total. The minimum Gasteiger partial charge on any atom is -0.355 e. The van der Waals surface area contributed by atoms with E-state index in [1.165, 1.54) is 30.6 Å². The van der Waals surface area contributed by atoms with Gasteiger partial charge in [-0.25, -0.2) is 0 Å². The summed E-state index contributed by atoms with van der Waals surface area (Å²) >= 11 is 1.50. The molecule has 1 saturated carbocycles. The summed E-state index contributed by atoms with van der Waals surface area (Å²) < 4.78 is 0. The molecule has 1 saturated heterocycles. The Morgan fingerprint density at radius 3 is 2.54 bits per heavy atom. The molecule has 0 atom stereocenters. The Bertz CT molecular complexity index is 532. The van der Waals surface area contributed by atoms with E-state index < -0.39 is 0 Å². The van der Waals surface area contributed by atoms with Crippen molar-refractivity contribution >= 4 is 23.2 Å².